The standard InChI is InChI=1S/C14H21N3/c1-2-15-6-11-7-16-8-17(11)14-12-9-3-4-10(5-9)13(12)14/h7-10,12-15H,2-6H2,1H3. The summed E-state index contributed by atoms with van der Waals surface area (Å²) in [6.07, 6.45) is 8.63. The summed E-state index contributed by atoms with van der Waals surface area (Å²) in [5.74, 6) is 4.10. The summed E-state index contributed by atoms with van der Waals surface area (Å²) >= 11 is 0. The topological polar surface area (TPSA) is 29.9 Å². The Morgan fingerprint density at radius 3 is 2.82 bits per heavy atom. The molecule has 4 rings (SSSR count). The van der Waals surface area contributed by atoms with Crippen molar-refractivity contribution in [2.45, 2.75) is 38.8 Å². The maximum Gasteiger partial charge on any atom is 0.0951 e. The summed E-state index contributed by atoms with van der Waals surface area (Å²) < 4.78 is 2.47. The Labute approximate surface area is 103 Å². The van der Waals surface area contributed by atoms with Crippen molar-refractivity contribution < 1.29 is 0 Å². The number of hydrogen-bond donors (Lipinski definition) is 1. The predicted octanol–water partition coefficient (Wildman–Crippen LogP) is 2.21. The van der Waals surface area contributed by atoms with Gasteiger partial charge in [0.1, 0.15) is 0 Å². The summed E-state index contributed by atoms with van der Waals surface area (Å²) in [7, 11) is 0. The molecule has 0 radical (unpaired) electrons. The Hall–Kier alpha value is -0.830. The van der Waals surface area contributed by atoms with Crippen molar-refractivity contribution in [3.63, 3.8) is 0 Å². The second-order valence-electron chi connectivity index (χ2n) is 6.05. The maximum atomic E-state index is 4.36. The van der Waals surface area contributed by atoms with Gasteiger partial charge in [-0.25, -0.2) is 4.98 Å². The minimum Gasteiger partial charge on any atom is -0.330 e. The van der Waals surface area contributed by atoms with Crippen LogP contribution in [0.1, 0.15) is 37.9 Å². The van der Waals surface area contributed by atoms with E-state index in [1.54, 1.807) is 0 Å². The third-order valence-electron chi connectivity index (χ3n) is 5.32. The number of hydrogen-bond acceptors (Lipinski definition) is 2. The second kappa shape index (κ2) is 3.58. The Bertz CT molecular complexity index is 409. The fraction of sp³-hybridized carbons (Fsp3) is 0.786. The van der Waals surface area contributed by atoms with Crippen molar-refractivity contribution in [3.8, 4) is 0 Å². The highest BCUT2D eigenvalue weighted by Crippen LogP contribution is 2.71. The Morgan fingerprint density at radius 1 is 1.35 bits per heavy atom. The number of nitrogens with one attached hydrogen (secondary N) is 1. The minimum atomic E-state index is 0.803. The molecule has 1 aromatic heterocycles. The first-order valence-electron chi connectivity index (χ1n) is 7.11. The van der Waals surface area contributed by atoms with Crippen LogP contribution in [0.4, 0.5) is 0 Å². The molecule has 2 bridgehead atoms. The van der Waals surface area contributed by atoms with E-state index in [4.69, 9.17) is 0 Å². The lowest BCUT2D eigenvalue weighted by Gasteiger charge is -2.13. The van der Waals surface area contributed by atoms with Gasteiger partial charge >= 0.3 is 0 Å². The van der Waals surface area contributed by atoms with Gasteiger partial charge in [0.25, 0.3) is 0 Å². The monoisotopic (exact) mass is 231 g/mol. The van der Waals surface area contributed by atoms with Crippen molar-refractivity contribution in [3.05, 3.63) is 18.2 Å². The summed E-state index contributed by atoms with van der Waals surface area (Å²) in [4.78, 5) is 4.36. The molecule has 0 amide bonds. The highest BCUT2D eigenvalue weighted by atomic mass is 15.1. The van der Waals surface area contributed by atoms with Crippen LogP contribution in [0.2, 0.25) is 0 Å². The molecule has 3 nitrogen and oxygen atoms in total. The van der Waals surface area contributed by atoms with Gasteiger partial charge in [-0.05, 0) is 49.5 Å². The SMILES string of the molecule is CCNCc1cncn1C1C2C3CCC(C3)C21. The molecule has 3 aliphatic carbocycles. The zero-order chi connectivity index (χ0) is 11.4. The van der Waals surface area contributed by atoms with E-state index < -0.39 is 0 Å². The predicted molar refractivity (Wildman–Crippen MR) is 66.5 cm³/mol. The molecule has 92 valence electrons. The molecule has 0 saturated heterocycles. The zero-order valence-corrected chi connectivity index (χ0v) is 10.5. The minimum absolute atomic E-state index is 0.803. The van der Waals surface area contributed by atoms with Gasteiger partial charge in [0.15, 0.2) is 0 Å². The summed E-state index contributed by atoms with van der Waals surface area (Å²) in [5, 5.41) is 3.42. The molecule has 1 N–H and O–H groups in total. The average Bonchev–Trinajstić information content (AvgIpc) is 2.78. The maximum absolute atomic E-state index is 4.36. The van der Waals surface area contributed by atoms with Gasteiger partial charge in [-0.1, -0.05) is 6.92 Å². The molecular weight excluding hydrogens is 210 g/mol. The van der Waals surface area contributed by atoms with Crippen LogP contribution in [0.15, 0.2) is 12.5 Å². The Kier molecular flexibility index (Phi) is 2.13. The molecule has 1 aromatic rings. The van der Waals surface area contributed by atoms with E-state index in [1.807, 2.05) is 6.20 Å². The van der Waals surface area contributed by atoms with Crippen LogP contribution in [0.5, 0.6) is 0 Å². The number of nitrogens with zero attached hydrogens (tertiary/aromatic N) is 2. The lowest BCUT2D eigenvalue weighted by molar-refractivity contribution is 0.444. The van der Waals surface area contributed by atoms with E-state index in [1.165, 1.54) is 25.0 Å². The molecule has 0 aliphatic heterocycles. The van der Waals surface area contributed by atoms with Gasteiger partial charge in [0.2, 0.25) is 0 Å². The Morgan fingerprint density at radius 2 is 2.12 bits per heavy atom. The second-order valence-corrected chi connectivity index (χ2v) is 6.05. The summed E-state index contributed by atoms with van der Waals surface area (Å²) in [6, 6.07) is 0.803. The molecule has 1 heterocycles. The molecule has 0 aromatic carbocycles. The highest BCUT2D eigenvalue weighted by molar-refractivity contribution is 5.18. The van der Waals surface area contributed by atoms with E-state index in [9.17, 15) is 0 Å². The first-order chi connectivity index (χ1) is 8.40. The molecule has 0 spiro atoms. The molecule has 3 fully saturated rings. The Balaban J connectivity index is 1.55. The molecule has 3 heteroatoms. The molecule has 4 unspecified atom stereocenters. The fourth-order valence-corrected chi connectivity index (χ4v) is 4.64. The van der Waals surface area contributed by atoms with Gasteiger partial charge in [0.05, 0.1) is 12.0 Å². The van der Waals surface area contributed by atoms with Crippen LogP contribution in [-0.4, -0.2) is 16.1 Å². The van der Waals surface area contributed by atoms with E-state index >= 15 is 0 Å². The normalized spacial score (nSPS) is 41.8. The van der Waals surface area contributed by atoms with Crippen molar-refractivity contribution in [1.82, 2.24) is 14.9 Å². The van der Waals surface area contributed by atoms with Crippen LogP contribution in [0.3, 0.4) is 0 Å². The van der Waals surface area contributed by atoms with Crippen molar-refractivity contribution in [1.29, 1.82) is 0 Å². The summed E-state index contributed by atoms with van der Waals surface area (Å²) in [6.45, 7) is 4.17. The van der Waals surface area contributed by atoms with E-state index in [0.717, 1.165) is 42.8 Å². The number of fused-ring (bicyclic) bond motifs is 5. The van der Waals surface area contributed by atoms with Crippen LogP contribution >= 0.6 is 0 Å². The van der Waals surface area contributed by atoms with Crippen LogP contribution < -0.4 is 5.32 Å². The van der Waals surface area contributed by atoms with Crippen molar-refractivity contribution in [2.75, 3.05) is 6.54 Å². The van der Waals surface area contributed by atoms with Gasteiger partial charge in [0, 0.05) is 18.8 Å². The van der Waals surface area contributed by atoms with E-state index in [2.05, 4.69) is 28.1 Å². The van der Waals surface area contributed by atoms with E-state index in [0.29, 0.717) is 0 Å². The third-order valence-corrected chi connectivity index (χ3v) is 5.32. The first-order valence-corrected chi connectivity index (χ1v) is 7.11. The lowest BCUT2D eigenvalue weighted by atomic mass is 10.0. The number of rotatable bonds is 4. The number of aromatic nitrogens is 2. The first kappa shape index (κ1) is 10.1. The number of imidazole rings is 1. The van der Waals surface area contributed by atoms with Crippen molar-refractivity contribution in [2.24, 2.45) is 23.7 Å². The molecule has 17 heavy (non-hydrogen) atoms. The van der Waals surface area contributed by atoms with Gasteiger partial charge in [-0.15, -0.1) is 0 Å². The van der Waals surface area contributed by atoms with Crippen molar-refractivity contribution >= 4 is 0 Å². The van der Waals surface area contributed by atoms with Crippen LogP contribution in [0.25, 0.3) is 0 Å². The quantitative estimate of drug-likeness (QED) is 0.861. The van der Waals surface area contributed by atoms with E-state index in [-0.39, 0.29) is 0 Å². The molecule has 3 aliphatic rings. The smallest absolute Gasteiger partial charge is 0.0951 e. The highest BCUT2D eigenvalue weighted by Gasteiger charge is 2.65. The van der Waals surface area contributed by atoms with Gasteiger partial charge in [-0.3, -0.25) is 0 Å². The lowest BCUT2D eigenvalue weighted by Crippen LogP contribution is -2.16. The molecular formula is C14H21N3. The van der Waals surface area contributed by atoms with Crippen LogP contribution in [0, 0.1) is 23.7 Å². The van der Waals surface area contributed by atoms with Gasteiger partial charge < -0.3 is 9.88 Å². The zero-order valence-electron chi connectivity index (χ0n) is 10.5. The molecule has 4 atom stereocenters. The molecule has 3 saturated carbocycles. The average molecular weight is 231 g/mol. The summed E-state index contributed by atoms with van der Waals surface area (Å²) in [5.41, 5.74) is 1.38. The third kappa shape index (κ3) is 1.35. The van der Waals surface area contributed by atoms with Gasteiger partial charge in [-0.2, -0.15) is 0 Å². The fourth-order valence-electron chi connectivity index (χ4n) is 4.64. The largest absolute Gasteiger partial charge is 0.330 e. The van der Waals surface area contributed by atoms with Crippen LogP contribution in [-0.2, 0) is 6.54 Å².